The zero-order chi connectivity index (χ0) is 14.7. The Kier molecular flexibility index (Phi) is 4.20. The zero-order valence-electron chi connectivity index (χ0n) is 10.1. The fourth-order valence-corrected chi connectivity index (χ4v) is 1.78. The lowest BCUT2D eigenvalue weighted by Crippen LogP contribution is -2.03. The molecular formula is C14H9ClF2O3. The largest absolute Gasteiger partial charge is 0.489 e. The molecule has 0 amide bonds. The first kappa shape index (κ1) is 14.3. The third kappa shape index (κ3) is 3.05. The fourth-order valence-electron chi connectivity index (χ4n) is 1.58. The highest BCUT2D eigenvalue weighted by Crippen LogP contribution is 2.23. The Hall–Kier alpha value is -2.14. The van der Waals surface area contributed by atoms with Gasteiger partial charge in [-0.3, -0.25) is 0 Å². The van der Waals surface area contributed by atoms with Gasteiger partial charge in [0, 0.05) is 0 Å². The van der Waals surface area contributed by atoms with Gasteiger partial charge in [-0.1, -0.05) is 17.7 Å². The molecule has 0 saturated carbocycles. The Morgan fingerprint density at radius 2 is 1.85 bits per heavy atom. The van der Waals surface area contributed by atoms with E-state index in [2.05, 4.69) is 0 Å². The van der Waals surface area contributed by atoms with Crippen molar-refractivity contribution < 1.29 is 23.4 Å². The molecule has 0 heterocycles. The number of halogens is 3. The van der Waals surface area contributed by atoms with Crippen LogP contribution in [0.1, 0.15) is 15.9 Å². The first-order valence-corrected chi connectivity index (χ1v) is 5.95. The molecule has 0 unspecified atom stereocenters. The van der Waals surface area contributed by atoms with E-state index in [-0.39, 0.29) is 28.5 Å². The van der Waals surface area contributed by atoms with Crippen LogP contribution in [0.15, 0.2) is 36.4 Å². The van der Waals surface area contributed by atoms with Crippen molar-refractivity contribution in [2.24, 2.45) is 0 Å². The van der Waals surface area contributed by atoms with Crippen molar-refractivity contribution in [3.8, 4) is 5.75 Å². The predicted octanol–water partition coefficient (Wildman–Crippen LogP) is 3.90. The van der Waals surface area contributed by atoms with Gasteiger partial charge in [-0.05, 0) is 30.3 Å². The second-order valence-electron chi connectivity index (χ2n) is 3.94. The first-order valence-electron chi connectivity index (χ1n) is 5.57. The third-order valence-corrected chi connectivity index (χ3v) is 2.94. The van der Waals surface area contributed by atoms with Gasteiger partial charge in [0.15, 0.2) is 0 Å². The van der Waals surface area contributed by atoms with E-state index in [1.54, 1.807) is 0 Å². The van der Waals surface area contributed by atoms with E-state index in [0.717, 1.165) is 12.1 Å². The average molecular weight is 299 g/mol. The van der Waals surface area contributed by atoms with Crippen LogP contribution in [0.5, 0.6) is 5.75 Å². The van der Waals surface area contributed by atoms with Gasteiger partial charge in [0.05, 0.1) is 16.1 Å². The number of hydrogen-bond acceptors (Lipinski definition) is 2. The summed E-state index contributed by atoms with van der Waals surface area (Å²) in [5.74, 6) is -2.50. The van der Waals surface area contributed by atoms with Crippen LogP contribution < -0.4 is 4.74 Å². The molecule has 0 aromatic heterocycles. The Bertz CT molecular complexity index is 639. The molecular weight excluding hydrogens is 290 g/mol. The summed E-state index contributed by atoms with van der Waals surface area (Å²) in [5, 5.41) is 8.96. The highest BCUT2D eigenvalue weighted by Gasteiger charge is 2.12. The van der Waals surface area contributed by atoms with Gasteiger partial charge in [-0.2, -0.15) is 0 Å². The highest BCUT2D eigenvalue weighted by atomic mass is 35.5. The second-order valence-corrected chi connectivity index (χ2v) is 4.34. The van der Waals surface area contributed by atoms with Crippen molar-refractivity contribution in [1.82, 2.24) is 0 Å². The standard InChI is InChI=1S/C14H9ClF2O3/c15-11-5-4-8(6-9(11)14(18)19)20-7-10-12(16)2-1-3-13(10)17/h1-6H,7H2,(H,18,19). The molecule has 0 saturated heterocycles. The van der Waals surface area contributed by atoms with Crippen molar-refractivity contribution in [3.63, 3.8) is 0 Å². The Morgan fingerprint density at radius 1 is 1.20 bits per heavy atom. The van der Waals surface area contributed by atoms with E-state index in [4.69, 9.17) is 21.4 Å². The summed E-state index contributed by atoms with van der Waals surface area (Å²) in [5.41, 5.74) is -0.363. The fraction of sp³-hybridized carbons (Fsp3) is 0.0714. The molecule has 0 aliphatic carbocycles. The lowest BCUT2D eigenvalue weighted by atomic mass is 10.2. The number of carboxylic acid groups (broad SMARTS) is 1. The molecule has 0 aliphatic rings. The van der Waals surface area contributed by atoms with Crippen molar-refractivity contribution in [1.29, 1.82) is 0 Å². The van der Waals surface area contributed by atoms with Crippen molar-refractivity contribution in [2.75, 3.05) is 0 Å². The SMILES string of the molecule is O=C(O)c1cc(OCc2c(F)cccc2F)ccc1Cl. The maximum Gasteiger partial charge on any atom is 0.337 e. The van der Waals surface area contributed by atoms with Gasteiger partial charge in [0.1, 0.15) is 24.0 Å². The summed E-state index contributed by atoms with van der Waals surface area (Å²) in [6.07, 6.45) is 0. The van der Waals surface area contributed by atoms with Crippen LogP contribution in [0.3, 0.4) is 0 Å². The molecule has 6 heteroatoms. The van der Waals surface area contributed by atoms with E-state index >= 15 is 0 Å². The topological polar surface area (TPSA) is 46.5 Å². The number of hydrogen-bond donors (Lipinski definition) is 1. The van der Waals surface area contributed by atoms with Gasteiger partial charge < -0.3 is 9.84 Å². The minimum atomic E-state index is -1.21. The molecule has 1 N–H and O–H groups in total. The van der Waals surface area contributed by atoms with Crippen LogP contribution in [0.4, 0.5) is 8.78 Å². The van der Waals surface area contributed by atoms with Crippen LogP contribution in [0, 0.1) is 11.6 Å². The van der Waals surface area contributed by atoms with Crippen molar-refractivity contribution in [3.05, 3.63) is 64.2 Å². The van der Waals surface area contributed by atoms with Crippen molar-refractivity contribution in [2.45, 2.75) is 6.61 Å². The summed E-state index contributed by atoms with van der Waals surface area (Å²) < 4.78 is 32.0. The minimum absolute atomic E-state index is 0.0573. The molecule has 0 radical (unpaired) electrons. The minimum Gasteiger partial charge on any atom is -0.489 e. The molecule has 0 bridgehead atoms. The summed E-state index contributed by atoms with van der Waals surface area (Å²) in [6.45, 7) is -0.348. The normalized spacial score (nSPS) is 10.3. The van der Waals surface area contributed by atoms with E-state index in [1.807, 2.05) is 0 Å². The third-order valence-electron chi connectivity index (χ3n) is 2.61. The lowest BCUT2D eigenvalue weighted by molar-refractivity contribution is 0.0696. The molecule has 2 aromatic rings. The summed E-state index contributed by atoms with van der Waals surface area (Å²) in [6, 6.07) is 7.45. The van der Waals surface area contributed by atoms with Crippen LogP contribution in [-0.4, -0.2) is 11.1 Å². The second kappa shape index (κ2) is 5.88. The Morgan fingerprint density at radius 3 is 2.45 bits per heavy atom. The van der Waals surface area contributed by atoms with E-state index in [1.165, 1.54) is 24.3 Å². The van der Waals surface area contributed by atoms with E-state index < -0.39 is 17.6 Å². The number of carboxylic acids is 1. The molecule has 3 nitrogen and oxygen atoms in total. The molecule has 0 spiro atoms. The van der Waals surface area contributed by atoms with Gasteiger partial charge in [0.2, 0.25) is 0 Å². The van der Waals surface area contributed by atoms with E-state index in [9.17, 15) is 13.6 Å². The molecule has 104 valence electrons. The molecule has 2 aromatic carbocycles. The van der Waals surface area contributed by atoms with Gasteiger partial charge >= 0.3 is 5.97 Å². The highest BCUT2D eigenvalue weighted by molar-refractivity contribution is 6.33. The number of rotatable bonds is 4. The summed E-state index contributed by atoms with van der Waals surface area (Å²) in [7, 11) is 0. The Labute approximate surface area is 118 Å². The van der Waals surface area contributed by atoms with Crippen LogP contribution in [0.2, 0.25) is 5.02 Å². The van der Waals surface area contributed by atoms with Crippen LogP contribution >= 0.6 is 11.6 Å². The molecule has 2 rings (SSSR count). The quantitative estimate of drug-likeness (QED) is 0.931. The van der Waals surface area contributed by atoms with Crippen LogP contribution in [0.25, 0.3) is 0 Å². The van der Waals surface area contributed by atoms with Gasteiger partial charge in [0.25, 0.3) is 0 Å². The number of aromatic carboxylic acids is 1. The molecule has 0 fully saturated rings. The van der Waals surface area contributed by atoms with Gasteiger partial charge in [-0.25, -0.2) is 13.6 Å². The lowest BCUT2D eigenvalue weighted by Gasteiger charge is -2.09. The maximum absolute atomic E-state index is 13.4. The van der Waals surface area contributed by atoms with Gasteiger partial charge in [-0.15, -0.1) is 0 Å². The van der Waals surface area contributed by atoms with Crippen LogP contribution in [-0.2, 0) is 6.61 Å². The first-order chi connectivity index (χ1) is 9.49. The molecule has 20 heavy (non-hydrogen) atoms. The number of ether oxygens (including phenoxy) is 1. The monoisotopic (exact) mass is 298 g/mol. The van der Waals surface area contributed by atoms with Crippen molar-refractivity contribution >= 4 is 17.6 Å². The molecule has 0 aliphatic heterocycles. The zero-order valence-corrected chi connectivity index (χ0v) is 10.8. The van der Waals surface area contributed by atoms with E-state index in [0.29, 0.717) is 0 Å². The predicted molar refractivity (Wildman–Crippen MR) is 69.1 cm³/mol. The summed E-state index contributed by atoms with van der Waals surface area (Å²) >= 11 is 5.70. The number of carbonyl (C=O) groups is 1. The average Bonchev–Trinajstić information content (AvgIpc) is 2.39. The molecule has 0 atom stereocenters. The maximum atomic E-state index is 13.4. The Balaban J connectivity index is 2.19. The number of benzene rings is 2. The smallest absolute Gasteiger partial charge is 0.337 e. The summed E-state index contributed by atoms with van der Waals surface area (Å²) in [4.78, 5) is 10.9.